The van der Waals surface area contributed by atoms with Crippen molar-refractivity contribution < 1.29 is 0 Å². The van der Waals surface area contributed by atoms with E-state index in [2.05, 4.69) is 53.0 Å². The molecule has 0 aliphatic heterocycles. The Bertz CT molecular complexity index is 872. The van der Waals surface area contributed by atoms with Crippen LogP contribution in [0.5, 0.6) is 0 Å². The molecule has 3 nitrogen and oxygen atoms in total. The van der Waals surface area contributed by atoms with E-state index in [1.165, 1.54) is 11.1 Å². The summed E-state index contributed by atoms with van der Waals surface area (Å²) < 4.78 is 1.98. The fourth-order valence-corrected chi connectivity index (χ4v) is 2.77. The molecule has 104 valence electrons. The highest BCUT2D eigenvalue weighted by Gasteiger charge is 2.10. The molecule has 0 aliphatic rings. The monoisotopic (exact) mass is 339 g/mol. The predicted molar refractivity (Wildman–Crippen MR) is 87.9 cm³/mol. The Balaban J connectivity index is 2.26. The number of aromatic nitrogens is 2. The van der Waals surface area contributed by atoms with Crippen LogP contribution in [-0.4, -0.2) is 9.55 Å². The number of halogens is 1. The van der Waals surface area contributed by atoms with Gasteiger partial charge in [0.15, 0.2) is 0 Å². The highest BCUT2D eigenvalue weighted by atomic mass is 79.9. The summed E-state index contributed by atoms with van der Waals surface area (Å²) in [5, 5.41) is 10.1. The Hall–Kier alpha value is -2.12. The number of nitriles is 1. The Morgan fingerprint density at radius 1 is 1.19 bits per heavy atom. The van der Waals surface area contributed by atoms with Crippen LogP contribution in [0.15, 0.2) is 36.7 Å². The number of hydrogen-bond acceptors (Lipinski definition) is 2. The van der Waals surface area contributed by atoms with Crippen LogP contribution in [0, 0.1) is 25.2 Å². The second-order valence-electron chi connectivity index (χ2n) is 5.14. The third kappa shape index (κ3) is 2.34. The van der Waals surface area contributed by atoms with Gasteiger partial charge in [0.1, 0.15) is 12.4 Å². The maximum absolute atomic E-state index is 9.41. The van der Waals surface area contributed by atoms with Gasteiger partial charge in [0.2, 0.25) is 0 Å². The van der Waals surface area contributed by atoms with Gasteiger partial charge in [0, 0.05) is 5.33 Å². The van der Waals surface area contributed by atoms with Crippen LogP contribution in [0.1, 0.15) is 22.3 Å². The molecule has 0 fully saturated rings. The fourth-order valence-electron chi connectivity index (χ4n) is 2.42. The SMILES string of the molecule is Cc1cc2ncn(-c3ccc(CBr)cc3C#N)c2cc1C. The molecule has 0 saturated heterocycles. The minimum atomic E-state index is 0.657. The first-order valence-electron chi connectivity index (χ1n) is 6.67. The normalized spacial score (nSPS) is 10.8. The van der Waals surface area contributed by atoms with E-state index in [1.54, 1.807) is 6.33 Å². The summed E-state index contributed by atoms with van der Waals surface area (Å²) in [5.41, 5.74) is 7.04. The van der Waals surface area contributed by atoms with E-state index in [9.17, 15) is 5.26 Å². The molecule has 0 spiro atoms. The molecule has 0 unspecified atom stereocenters. The van der Waals surface area contributed by atoms with Gasteiger partial charge in [-0.05, 0) is 54.8 Å². The number of benzene rings is 2. The first kappa shape index (κ1) is 13.8. The summed E-state index contributed by atoms with van der Waals surface area (Å²) in [4.78, 5) is 4.46. The largest absolute Gasteiger partial charge is 0.297 e. The number of aryl methyl sites for hydroxylation is 2. The standard InChI is InChI=1S/C17H14BrN3/c1-11-5-15-17(6-12(11)2)21(10-20-15)16-4-3-13(8-18)7-14(16)9-19/h3-7,10H,8H2,1-2H3. The molecule has 3 aromatic rings. The van der Waals surface area contributed by atoms with Gasteiger partial charge in [-0.15, -0.1) is 0 Å². The highest BCUT2D eigenvalue weighted by Crippen LogP contribution is 2.24. The van der Waals surface area contributed by atoms with Crippen molar-refractivity contribution in [3.8, 4) is 11.8 Å². The minimum Gasteiger partial charge on any atom is -0.297 e. The van der Waals surface area contributed by atoms with Crippen LogP contribution in [0.4, 0.5) is 0 Å². The maximum atomic E-state index is 9.41. The molecule has 1 heterocycles. The van der Waals surface area contributed by atoms with Crippen molar-refractivity contribution >= 4 is 27.0 Å². The second-order valence-corrected chi connectivity index (χ2v) is 5.70. The van der Waals surface area contributed by atoms with Crippen molar-refractivity contribution in [1.82, 2.24) is 9.55 Å². The lowest BCUT2D eigenvalue weighted by molar-refractivity contribution is 1.08. The number of imidazole rings is 1. The molecule has 0 aliphatic carbocycles. The molecule has 3 rings (SSSR count). The summed E-state index contributed by atoms with van der Waals surface area (Å²) in [6, 6.07) is 12.4. The molecule has 0 radical (unpaired) electrons. The van der Waals surface area contributed by atoms with E-state index >= 15 is 0 Å². The average molecular weight is 340 g/mol. The minimum absolute atomic E-state index is 0.657. The molecule has 0 bridgehead atoms. The maximum Gasteiger partial charge on any atom is 0.101 e. The summed E-state index contributed by atoms with van der Waals surface area (Å²) in [6.45, 7) is 4.17. The lowest BCUT2D eigenvalue weighted by Crippen LogP contribution is -1.97. The van der Waals surface area contributed by atoms with Crippen molar-refractivity contribution in [3.63, 3.8) is 0 Å². The average Bonchev–Trinajstić information content (AvgIpc) is 2.89. The van der Waals surface area contributed by atoms with Gasteiger partial charge in [-0.3, -0.25) is 4.57 Å². The topological polar surface area (TPSA) is 41.6 Å². The molecule has 0 amide bonds. The van der Waals surface area contributed by atoms with Crippen molar-refractivity contribution in [1.29, 1.82) is 5.26 Å². The van der Waals surface area contributed by atoms with Gasteiger partial charge >= 0.3 is 0 Å². The number of rotatable bonds is 2. The van der Waals surface area contributed by atoms with Crippen LogP contribution in [-0.2, 0) is 5.33 Å². The zero-order chi connectivity index (χ0) is 15.0. The van der Waals surface area contributed by atoms with Crippen LogP contribution >= 0.6 is 15.9 Å². The van der Waals surface area contributed by atoms with Gasteiger partial charge in [-0.1, -0.05) is 22.0 Å². The highest BCUT2D eigenvalue weighted by molar-refractivity contribution is 9.08. The molecular weight excluding hydrogens is 326 g/mol. The molecule has 0 atom stereocenters. The van der Waals surface area contributed by atoms with E-state index in [1.807, 2.05) is 22.8 Å². The third-order valence-electron chi connectivity index (χ3n) is 3.76. The zero-order valence-corrected chi connectivity index (χ0v) is 13.5. The van der Waals surface area contributed by atoms with Crippen molar-refractivity contribution in [2.45, 2.75) is 19.2 Å². The molecule has 1 aromatic heterocycles. The molecule has 4 heteroatoms. The van der Waals surface area contributed by atoms with E-state index in [0.717, 1.165) is 27.6 Å². The molecular formula is C17H14BrN3. The van der Waals surface area contributed by atoms with Crippen LogP contribution in [0.2, 0.25) is 0 Å². The third-order valence-corrected chi connectivity index (χ3v) is 4.41. The number of fused-ring (bicyclic) bond motifs is 1. The number of nitrogens with zero attached hydrogens (tertiary/aromatic N) is 3. The number of hydrogen-bond donors (Lipinski definition) is 0. The predicted octanol–water partition coefficient (Wildman–Crippen LogP) is 4.41. The van der Waals surface area contributed by atoms with Gasteiger partial charge in [0.25, 0.3) is 0 Å². The summed E-state index contributed by atoms with van der Waals surface area (Å²) in [6.07, 6.45) is 1.79. The molecule has 21 heavy (non-hydrogen) atoms. The van der Waals surface area contributed by atoms with Gasteiger partial charge < -0.3 is 0 Å². The molecule has 2 aromatic carbocycles. The summed E-state index contributed by atoms with van der Waals surface area (Å²) >= 11 is 3.42. The van der Waals surface area contributed by atoms with Crippen molar-refractivity contribution in [2.75, 3.05) is 0 Å². The summed E-state index contributed by atoms with van der Waals surface area (Å²) in [7, 11) is 0. The molecule has 0 N–H and O–H groups in total. The van der Waals surface area contributed by atoms with Gasteiger partial charge in [0.05, 0.1) is 22.3 Å². The Labute approximate surface area is 132 Å². The first-order chi connectivity index (χ1) is 10.1. The zero-order valence-electron chi connectivity index (χ0n) is 11.9. The van der Waals surface area contributed by atoms with Crippen molar-refractivity contribution in [2.24, 2.45) is 0 Å². The van der Waals surface area contributed by atoms with E-state index in [0.29, 0.717) is 5.56 Å². The van der Waals surface area contributed by atoms with Crippen molar-refractivity contribution in [3.05, 3.63) is 58.9 Å². The second kappa shape index (κ2) is 5.34. The number of alkyl halides is 1. The van der Waals surface area contributed by atoms with Crippen LogP contribution < -0.4 is 0 Å². The molecule has 0 saturated carbocycles. The van der Waals surface area contributed by atoms with Gasteiger partial charge in [-0.2, -0.15) is 5.26 Å². The smallest absolute Gasteiger partial charge is 0.101 e. The Kier molecular flexibility index (Phi) is 3.52. The van der Waals surface area contributed by atoms with Crippen LogP contribution in [0.3, 0.4) is 0 Å². The van der Waals surface area contributed by atoms with E-state index < -0.39 is 0 Å². The lowest BCUT2D eigenvalue weighted by atomic mass is 10.1. The van der Waals surface area contributed by atoms with Crippen LogP contribution in [0.25, 0.3) is 16.7 Å². The Morgan fingerprint density at radius 3 is 2.67 bits per heavy atom. The lowest BCUT2D eigenvalue weighted by Gasteiger charge is -2.09. The van der Waals surface area contributed by atoms with E-state index in [-0.39, 0.29) is 0 Å². The van der Waals surface area contributed by atoms with Gasteiger partial charge in [-0.25, -0.2) is 4.98 Å². The van der Waals surface area contributed by atoms with E-state index in [4.69, 9.17) is 0 Å². The first-order valence-corrected chi connectivity index (χ1v) is 7.80. The quantitative estimate of drug-likeness (QED) is 0.649. The Morgan fingerprint density at radius 2 is 1.95 bits per heavy atom. The summed E-state index contributed by atoms with van der Waals surface area (Å²) in [5.74, 6) is 0. The fraction of sp³-hybridized carbons (Fsp3) is 0.176.